The normalized spacial score (nSPS) is 22.3. The summed E-state index contributed by atoms with van der Waals surface area (Å²) in [5.74, 6) is 0.0836. The van der Waals surface area contributed by atoms with Crippen molar-refractivity contribution in [3.63, 3.8) is 0 Å². The summed E-state index contributed by atoms with van der Waals surface area (Å²) in [6.45, 7) is 2.03. The highest BCUT2D eigenvalue weighted by molar-refractivity contribution is 6.00. The third-order valence-electron chi connectivity index (χ3n) is 5.21. The fraction of sp³-hybridized carbons (Fsp3) is 0.526. The van der Waals surface area contributed by atoms with E-state index >= 15 is 0 Å². The second kappa shape index (κ2) is 7.60. The second-order valence-electron chi connectivity index (χ2n) is 6.77. The van der Waals surface area contributed by atoms with Crippen LogP contribution in [-0.4, -0.2) is 31.2 Å². The molecule has 2 aliphatic heterocycles. The first-order chi connectivity index (χ1) is 11.7. The smallest absolute Gasteiger partial charge is 0.234 e. The summed E-state index contributed by atoms with van der Waals surface area (Å²) in [6, 6.07) is 8.16. The number of nitrogens with one attached hydrogen (secondary N) is 1. The lowest BCUT2D eigenvalue weighted by Crippen LogP contribution is -2.39. The molecule has 0 aliphatic carbocycles. The average Bonchev–Trinajstić information content (AvgIpc) is 2.61. The van der Waals surface area contributed by atoms with Crippen molar-refractivity contribution in [3.05, 3.63) is 29.8 Å². The number of aldehydes is 1. The van der Waals surface area contributed by atoms with E-state index in [1.165, 1.54) is 5.69 Å². The minimum absolute atomic E-state index is 0.176. The van der Waals surface area contributed by atoms with Gasteiger partial charge in [0.25, 0.3) is 0 Å². The Morgan fingerprint density at radius 2 is 1.79 bits per heavy atom. The number of hydrogen-bond acceptors (Lipinski definition) is 4. The van der Waals surface area contributed by atoms with E-state index < -0.39 is 0 Å². The predicted molar refractivity (Wildman–Crippen MR) is 91.8 cm³/mol. The SMILES string of the molecule is O=CCCC1CCN(c2ccc([C@@H]3CCC(=O)NC3=O)cc2)CC1. The molecule has 1 aromatic rings. The first-order valence-corrected chi connectivity index (χ1v) is 8.79. The van der Waals surface area contributed by atoms with Crippen LogP contribution >= 0.6 is 0 Å². The van der Waals surface area contributed by atoms with Crippen LogP contribution in [0, 0.1) is 5.92 Å². The standard InChI is InChI=1S/C19H24N2O3/c22-13-1-2-14-9-11-21(12-10-14)16-5-3-15(4-6-16)17-7-8-18(23)20-19(17)24/h3-6,13-14,17H,1-2,7-12H2,(H,20,23,24)/t17-/m0/s1. The van der Waals surface area contributed by atoms with Crippen LogP contribution in [0.15, 0.2) is 24.3 Å². The van der Waals surface area contributed by atoms with Crippen molar-refractivity contribution in [3.8, 4) is 0 Å². The number of piperidine rings is 2. The largest absolute Gasteiger partial charge is 0.372 e. The van der Waals surface area contributed by atoms with Gasteiger partial charge in [0, 0.05) is 31.6 Å². The van der Waals surface area contributed by atoms with E-state index in [4.69, 9.17) is 0 Å². The summed E-state index contributed by atoms with van der Waals surface area (Å²) >= 11 is 0. The third-order valence-corrected chi connectivity index (χ3v) is 5.21. The van der Waals surface area contributed by atoms with E-state index in [-0.39, 0.29) is 17.7 Å². The van der Waals surface area contributed by atoms with Gasteiger partial charge in [-0.2, -0.15) is 0 Å². The van der Waals surface area contributed by atoms with Crippen molar-refractivity contribution < 1.29 is 14.4 Å². The van der Waals surface area contributed by atoms with Gasteiger partial charge >= 0.3 is 0 Å². The molecule has 0 radical (unpaired) electrons. The second-order valence-corrected chi connectivity index (χ2v) is 6.77. The molecule has 0 aromatic heterocycles. The molecule has 24 heavy (non-hydrogen) atoms. The van der Waals surface area contributed by atoms with Crippen LogP contribution in [0.3, 0.4) is 0 Å². The topological polar surface area (TPSA) is 66.5 Å². The Morgan fingerprint density at radius 3 is 2.42 bits per heavy atom. The molecule has 0 spiro atoms. The zero-order valence-corrected chi connectivity index (χ0v) is 13.9. The molecule has 2 amide bonds. The van der Waals surface area contributed by atoms with Crippen molar-refractivity contribution in [2.75, 3.05) is 18.0 Å². The zero-order valence-electron chi connectivity index (χ0n) is 13.9. The Kier molecular flexibility index (Phi) is 5.28. The number of rotatable bonds is 5. The molecule has 3 rings (SSSR count). The van der Waals surface area contributed by atoms with Gasteiger partial charge in [-0.05, 0) is 49.3 Å². The van der Waals surface area contributed by atoms with E-state index in [2.05, 4.69) is 22.3 Å². The molecule has 0 unspecified atom stereocenters. The van der Waals surface area contributed by atoms with Gasteiger partial charge < -0.3 is 9.69 Å². The molecule has 1 atom stereocenters. The molecule has 2 fully saturated rings. The van der Waals surface area contributed by atoms with E-state index in [1.54, 1.807) is 0 Å². The van der Waals surface area contributed by atoms with E-state index in [0.29, 0.717) is 25.2 Å². The van der Waals surface area contributed by atoms with Crippen LogP contribution in [-0.2, 0) is 14.4 Å². The molecule has 5 nitrogen and oxygen atoms in total. The average molecular weight is 328 g/mol. The zero-order chi connectivity index (χ0) is 16.9. The number of carbonyl (C=O) groups is 3. The van der Waals surface area contributed by atoms with Gasteiger partial charge in [0.15, 0.2) is 0 Å². The number of imide groups is 1. The van der Waals surface area contributed by atoms with Gasteiger partial charge in [0.05, 0.1) is 5.92 Å². The van der Waals surface area contributed by atoms with Gasteiger partial charge in [-0.25, -0.2) is 0 Å². The van der Waals surface area contributed by atoms with Crippen LogP contribution in [0.4, 0.5) is 5.69 Å². The fourth-order valence-corrected chi connectivity index (χ4v) is 3.71. The Morgan fingerprint density at radius 1 is 1.08 bits per heavy atom. The monoisotopic (exact) mass is 328 g/mol. The number of amides is 2. The molecule has 2 saturated heterocycles. The first-order valence-electron chi connectivity index (χ1n) is 8.79. The van der Waals surface area contributed by atoms with Crippen molar-refractivity contribution in [1.29, 1.82) is 0 Å². The minimum atomic E-state index is -0.217. The molecule has 1 aromatic carbocycles. The summed E-state index contributed by atoms with van der Waals surface area (Å²) in [4.78, 5) is 36.0. The third kappa shape index (κ3) is 3.83. The Bertz CT molecular complexity index is 604. The fourth-order valence-electron chi connectivity index (χ4n) is 3.71. The Labute approximate surface area is 142 Å². The molecule has 0 saturated carbocycles. The van der Waals surface area contributed by atoms with Crippen LogP contribution in [0.5, 0.6) is 0 Å². The van der Waals surface area contributed by atoms with E-state index in [0.717, 1.165) is 44.2 Å². The van der Waals surface area contributed by atoms with Crippen LogP contribution in [0.1, 0.15) is 50.0 Å². The highest BCUT2D eigenvalue weighted by Gasteiger charge is 2.28. The van der Waals surface area contributed by atoms with Gasteiger partial charge in [0.2, 0.25) is 11.8 Å². The highest BCUT2D eigenvalue weighted by atomic mass is 16.2. The maximum atomic E-state index is 11.9. The molecule has 1 N–H and O–H groups in total. The maximum Gasteiger partial charge on any atom is 0.234 e. The summed E-state index contributed by atoms with van der Waals surface area (Å²) in [5, 5.41) is 2.41. The van der Waals surface area contributed by atoms with Gasteiger partial charge in [-0.3, -0.25) is 14.9 Å². The molecule has 2 heterocycles. The molecule has 5 heteroatoms. The summed E-state index contributed by atoms with van der Waals surface area (Å²) in [6.07, 6.45) is 5.95. The summed E-state index contributed by atoms with van der Waals surface area (Å²) in [5.41, 5.74) is 2.16. The maximum absolute atomic E-state index is 11.9. The number of anilines is 1. The molecular formula is C19H24N2O3. The first kappa shape index (κ1) is 16.7. The van der Waals surface area contributed by atoms with Crippen molar-refractivity contribution in [1.82, 2.24) is 5.32 Å². The van der Waals surface area contributed by atoms with Crippen molar-refractivity contribution in [2.24, 2.45) is 5.92 Å². The van der Waals surface area contributed by atoms with Gasteiger partial charge in [-0.1, -0.05) is 12.1 Å². The number of hydrogen-bond donors (Lipinski definition) is 1. The van der Waals surface area contributed by atoms with Crippen LogP contribution in [0.2, 0.25) is 0 Å². The number of carbonyl (C=O) groups excluding carboxylic acids is 3. The van der Waals surface area contributed by atoms with Crippen LogP contribution in [0.25, 0.3) is 0 Å². The van der Waals surface area contributed by atoms with Gasteiger partial charge in [-0.15, -0.1) is 0 Å². The summed E-state index contributed by atoms with van der Waals surface area (Å²) in [7, 11) is 0. The highest BCUT2D eigenvalue weighted by Crippen LogP contribution is 2.29. The number of benzene rings is 1. The van der Waals surface area contributed by atoms with E-state index in [1.807, 2.05) is 12.1 Å². The van der Waals surface area contributed by atoms with Gasteiger partial charge in [0.1, 0.15) is 6.29 Å². The lowest BCUT2D eigenvalue weighted by molar-refractivity contribution is -0.134. The van der Waals surface area contributed by atoms with Crippen LogP contribution < -0.4 is 10.2 Å². The molecular weight excluding hydrogens is 304 g/mol. The number of nitrogens with zero attached hydrogens (tertiary/aromatic N) is 1. The minimum Gasteiger partial charge on any atom is -0.372 e. The van der Waals surface area contributed by atoms with Crippen molar-refractivity contribution >= 4 is 23.8 Å². The molecule has 128 valence electrons. The lowest BCUT2D eigenvalue weighted by Gasteiger charge is -2.33. The Balaban J connectivity index is 1.58. The predicted octanol–water partition coefficient (Wildman–Crippen LogP) is 2.40. The lowest BCUT2D eigenvalue weighted by atomic mass is 9.90. The molecule has 2 aliphatic rings. The summed E-state index contributed by atoms with van der Waals surface area (Å²) < 4.78 is 0. The molecule has 0 bridgehead atoms. The Hall–Kier alpha value is -2.17. The quantitative estimate of drug-likeness (QED) is 0.666. The van der Waals surface area contributed by atoms with E-state index in [9.17, 15) is 14.4 Å². The van der Waals surface area contributed by atoms with Crippen molar-refractivity contribution in [2.45, 2.75) is 44.4 Å².